The summed E-state index contributed by atoms with van der Waals surface area (Å²) in [5.74, 6) is -0.161. The Labute approximate surface area is 146 Å². The molecule has 134 valence electrons. The molecule has 2 aromatic rings. The second-order valence-corrected chi connectivity index (χ2v) is 6.68. The molecule has 2 atom stereocenters. The van der Waals surface area contributed by atoms with Crippen LogP contribution in [0.25, 0.3) is 11.3 Å². The Kier molecular flexibility index (Phi) is 5.81. The summed E-state index contributed by atoms with van der Waals surface area (Å²) in [6.07, 6.45) is 7.33. The molecule has 0 radical (unpaired) electrons. The van der Waals surface area contributed by atoms with E-state index in [2.05, 4.69) is 15.5 Å². The molecule has 25 heavy (non-hydrogen) atoms. The van der Waals surface area contributed by atoms with Gasteiger partial charge in [0.05, 0.1) is 23.6 Å². The van der Waals surface area contributed by atoms with Crippen molar-refractivity contribution in [1.82, 2.24) is 15.5 Å². The number of nitrogens with zero attached hydrogens (tertiary/aromatic N) is 1. The summed E-state index contributed by atoms with van der Waals surface area (Å²) in [5, 5.41) is 19.6. The molecule has 2 unspecified atom stereocenters. The molecule has 3 rings (SSSR count). The normalized spacial score (nSPS) is 20.4. The Balaban J connectivity index is 1.52. The van der Waals surface area contributed by atoms with Crippen LogP contribution in [0.15, 0.2) is 30.5 Å². The maximum absolute atomic E-state index is 13.1. The van der Waals surface area contributed by atoms with Gasteiger partial charge in [0.25, 0.3) is 5.91 Å². The molecule has 0 bridgehead atoms. The molecule has 1 aromatic carbocycles. The molecule has 1 amide bonds. The van der Waals surface area contributed by atoms with Crippen LogP contribution in [0.2, 0.25) is 0 Å². The van der Waals surface area contributed by atoms with Gasteiger partial charge in [-0.1, -0.05) is 12.8 Å². The Morgan fingerprint density at radius 1 is 1.28 bits per heavy atom. The van der Waals surface area contributed by atoms with Crippen LogP contribution in [0, 0.1) is 11.7 Å². The lowest BCUT2D eigenvalue weighted by atomic mass is 9.83. The SMILES string of the molecule is O=C(NCCCC1CCCCC1O)c1cn[nH]c1-c1ccc(F)cc1. The topological polar surface area (TPSA) is 78.0 Å². The fourth-order valence-electron chi connectivity index (χ4n) is 3.48. The van der Waals surface area contributed by atoms with Crippen LogP contribution in [0.3, 0.4) is 0 Å². The third kappa shape index (κ3) is 4.45. The molecular formula is C19H24FN3O2. The first kappa shape index (κ1) is 17.6. The molecule has 1 saturated carbocycles. The minimum absolute atomic E-state index is 0.191. The number of nitrogens with one attached hydrogen (secondary N) is 2. The third-order valence-electron chi connectivity index (χ3n) is 4.92. The highest BCUT2D eigenvalue weighted by Gasteiger charge is 2.22. The molecule has 1 aliphatic carbocycles. The highest BCUT2D eigenvalue weighted by atomic mass is 19.1. The van der Waals surface area contributed by atoms with Gasteiger partial charge in [0.15, 0.2) is 0 Å². The molecule has 1 aromatic heterocycles. The van der Waals surface area contributed by atoms with E-state index in [4.69, 9.17) is 0 Å². The third-order valence-corrected chi connectivity index (χ3v) is 4.92. The predicted octanol–water partition coefficient (Wildman–Crippen LogP) is 3.28. The molecule has 0 aliphatic heterocycles. The van der Waals surface area contributed by atoms with E-state index < -0.39 is 0 Å². The first-order valence-corrected chi connectivity index (χ1v) is 8.90. The molecule has 0 saturated heterocycles. The maximum atomic E-state index is 13.1. The summed E-state index contributed by atoms with van der Waals surface area (Å²) in [5.41, 5.74) is 1.75. The number of hydrogen-bond acceptors (Lipinski definition) is 3. The first-order chi connectivity index (χ1) is 12.1. The van der Waals surface area contributed by atoms with E-state index in [-0.39, 0.29) is 17.8 Å². The van der Waals surface area contributed by atoms with Crippen LogP contribution in [-0.2, 0) is 0 Å². The van der Waals surface area contributed by atoms with Gasteiger partial charge >= 0.3 is 0 Å². The van der Waals surface area contributed by atoms with Gasteiger partial charge in [-0.25, -0.2) is 4.39 Å². The lowest BCUT2D eigenvalue weighted by molar-refractivity contribution is 0.0641. The zero-order valence-corrected chi connectivity index (χ0v) is 14.2. The zero-order chi connectivity index (χ0) is 17.6. The fraction of sp³-hybridized carbons (Fsp3) is 0.474. The molecule has 1 heterocycles. The van der Waals surface area contributed by atoms with E-state index in [0.29, 0.717) is 23.7 Å². The quantitative estimate of drug-likeness (QED) is 0.703. The molecule has 6 heteroatoms. The number of aromatic amines is 1. The Morgan fingerprint density at radius 2 is 2.04 bits per heavy atom. The number of H-pyrrole nitrogens is 1. The molecule has 0 spiro atoms. The monoisotopic (exact) mass is 345 g/mol. The summed E-state index contributed by atoms with van der Waals surface area (Å²) >= 11 is 0. The van der Waals surface area contributed by atoms with E-state index in [1.807, 2.05) is 0 Å². The number of benzene rings is 1. The Hall–Kier alpha value is -2.21. The fourth-order valence-corrected chi connectivity index (χ4v) is 3.48. The molecule has 1 fully saturated rings. The maximum Gasteiger partial charge on any atom is 0.255 e. The van der Waals surface area contributed by atoms with Crippen LogP contribution >= 0.6 is 0 Å². The van der Waals surface area contributed by atoms with Crippen molar-refractivity contribution in [3.05, 3.63) is 41.8 Å². The molecular weight excluding hydrogens is 321 g/mol. The number of aliphatic hydroxyl groups excluding tert-OH is 1. The summed E-state index contributed by atoms with van der Waals surface area (Å²) in [6.45, 7) is 0.566. The van der Waals surface area contributed by atoms with Crippen LogP contribution < -0.4 is 5.32 Å². The van der Waals surface area contributed by atoms with Crippen LogP contribution in [0.1, 0.15) is 48.9 Å². The second-order valence-electron chi connectivity index (χ2n) is 6.68. The first-order valence-electron chi connectivity index (χ1n) is 8.90. The van der Waals surface area contributed by atoms with Gasteiger partial charge in [-0.15, -0.1) is 0 Å². The van der Waals surface area contributed by atoms with Crippen molar-refractivity contribution < 1.29 is 14.3 Å². The van der Waals surface area contributed by atoms with Gasteiger partial charge < -0.3 is 10.4 Å². The average Bonchev–Trinajstić information content (AvgIpc) is 3.10. The number of carbonyl (C=O) groups excluding carboxylic acids is 1. The highest BCUT2D eigenvalue weighted by molar-refractivity contribution is 5.99. The largest absolute Gasteiger partial charge is 0.393 e. The number of hydrogen-bond donors (Lipinski definition) is 3. The van der Waals surface area contributed by atoms with E-state index in [9.17, 15) is 14.3 Å². The summed E-state index contributed by atoms with van der Waals surface area (Å²) in [7, 11) is 0. The van der Waals surface area contributed by atoms with Gasteiger partial charge in [0, 0.05) is 12.1 Å². The van der Waals surface area contributed by atoms with Crippen molar-refractivity contribution in [2.24, 2.45) is 5.92 Å². The molecule has 1 aliphatic rings. The van der Waals surface area contributed by atoms with Gasteiger partial charge in [-0.3, -0.25) is 9.89 Å². The molecule has 3 N–H and O–H groups in total. The Morgan fingerprint density at radius 3 is 2.80 bits per heavy atom. The lowest BCUT2D eigenvalue weighted by Crippen LogP contribution is -2.28. The number of rotatable bonds is 6. The summed E-state index contributed by atoms with van der Waals surface area (Å²) in [6, 6.07) is 5.94. The smallest absolute Gasteiger partial charge is 0.255 e. The van der Waals surface area contributed by atoms with Gasteiger partial charge in [0.2, 0.25) is 0 Å². The highest BCUT2D eigenvalue weighted by Crippen LogP contribution is 2.27. The van der Waals surface area contributed by atoms with E-state index in [0.717, 1.165) is 37.7 Å². The number of aliphatic hydroxyl groups is 1. The number of carbonyl (C=O) groups is 1. The van der Waals surface area contributed by atoms with Gasteiger partial charge in [-0.2, -0.15) is 5.10 Å². The lowest BCUT2D eigenvalue weighted by Gasteiger charge is -2.27. The van der Waals surface area contributed by atoms with Crippen LogP contribution in [0.4, 0.5) is 4.39 Å². The second kappa shape index (κ2) is 8.25. The standard InChI is InChI=1S/C19H24FN3O2/c20-15-9-7-14(8-10-15)18-16(12-22-23-18)19(25)21-11-3-5-13-4-1-2-6-17(13)24/h7-10,12-13,17,24H,1-6,11H2,(H,21,25)(H,22,23). The number of amides is 1. The van der Waals surface area contributed by atoms with Crippen molar-refractivity contribution in [1.29, 1.82) is 0 Å². The van der Waals surface area contributed by atoms with E-state index >= 15 is 0 Å². The van der Waals surface area contributed by atoms with Crippen molar-refractivity contribution in [2.45, 2.75) is 44.6 Å². The average molecular weight is 345 g/mol. The summed E-state index contributed by atoms with van der Waals surface area (Å²) < 4.78 is 13.1. The van der Waals surface area contributed by atoms with Gasteiger partial charge in [0.1, 0.15) is 5.82 Å². The van der Waals surface area contributed by atoms with Crippen LogP contribution in [-0.4, -0.2) is 33.9 Å². The van der Waals surface area contributed by atoms with Crippen molar-refractivity contribution in [2.75, 3.05) is 6.54 Å². The van der Waals surface area contributed by atoms with Crippen molar-refractivity contribution in [3.63, 3.8) is 0 Å². The van der Waals surface area contributed by atoms with E-state index in [1.165, 1.54) is 24.8 Å². The van der Waals surface area contributed by atoms with E-state index in [1.54, 1.807) is 12.1 Å². The zero-order valence-electron chi connectivity index (χ0n) is 14.2. The van der Waals surface area contributed by atoms with Crippen molar-refractivity contribution in [3.8, 4) is 11.3 Å². The van der Waals surface area contributed by atoms with Crippen molar-refractivity contribution >= 4 is 5.91 Å². The summed E-state index contributed by atoms with van der Waals surface area (Å²) in [4.78, 5) is 12.4. The number of aromatic nitrogens is 2. The molecule has 5 nitrogen and oxygen atoms in total. The van der Waals surface area contributed by atoms with Gasteiger partial charge in [-0.05, 0) is 55.9 Å². The Bertz CT molecular complexity index is 699. The minimum atomic E-state index is -0.320. The minimum Gasteiger partial charge on any atom is -0.393 e. The van der Waals surface area contributed by atoms with Crippen LogP contribution in [0.5, 0.6) is 0 Å². The number of halogens is 1. The predicted molar refractivity (Wildman–Crippen MR) is 93.5 cm³/mol.